The molecule has 1 fully saturated rings. The van der Waals surface area contributed by atoms with Gasteiger partial charge in [-0.2, -0.15) is 0 Å². The van der Waals surface area contributed by atoms with Gasteiger partial charge in [-0.1, -0.05) is 41.1 Å². The molecule has 2 aliphatic rings. The zero-order valence-electron chi connectivity index (χ0n) is 20.4. The van der Waals surface area contributed by atoms with Gasteiger partial charge >= 0.3 is 0 Å². The van der Waals surface area contributed by atoms with Crippen LogP contribution in [0, 0.1) is 6.92 Å². The summed E-state index contributed by atoms with van der Waals surface area (Å²) in [6, 6.07) is 8.46. The first-order valence-corrected chi connectivity index (χ1v) is 14.0. The van der Waals surface area contributed by atoms with Gasteiger partial charge in [-0.05, 0) is 43.2 Å². The lowest BCUT2D eigenvalue weighted by atomic mass is 9.98. The van der Waals surface area contributed by atoms with Gasteiger partial charge in [0.15, 0.2) is 9.84 Å². The molecule has 3 N–H and O–H groups in total. The molecular formula is C26H25ClN6O4S. The van der Waals surface area contributed by atoms with Crippen LogP contribution in [0.3, 0.4) is 0 Å². The van der Waals surface area contributed by atoms with Crippen molar-refractivity contribution < 1.29 is 18.0 Å². The fourth-order valence-electron chi connectivity index (χ4n) is 4.50. The zero-order chi connectivity index (χ0) is 26.9. The van der Waals surface area contributed by atoms with E-state index >= 15 is 0 Å². The van der Waals surface area contributed by atoms with E-state index in [1.807, 2.05) is 6.92 Å². The fraction of sp³-hybridized carbons (Fsp3) is 0.231. The van der Waals surface area contributed by atoms with Gasteiger partial charge in [0.1, 0.15) is 0 Å². The number of amides is 2. The molecule has 1 unspecified atom stereocenters. The van der Waals surface area contributed by atoms with E-state index in [4.69, 9.17) is 11.6 Å². The molecule has 2 aromatic heterocycles. The summed E-state index contributed by atoms with van der Waals surface area (Å²) in [4.78, 5) is 28.9. The maximum Gasteiger partial charge on any atom is 0.256 e. The SMILES string of the molecule is Cc1cc(C(=O)NCCn2ccnn2)c(C=C2C(=O)NC3=CCC(S(=O)(=O)Cc4cccc(Cl)c4)C=C32)[nH]1. The van der Waals surface area contributed by atoms with Crippen molar-refractivity contribution in [3.05, 3.63) is 99.3 Å². The zero-order valence-corrected chi connectivity index (χ0v) is 22.0. The third-order valence-electron chi connectivity index (χ3n) is 6.31. The molecule has 1 aliphatic carbocycles. The molecule has 3 heterocycles. The first-order valence-electron chi connectivity index (χ1n) is 11.9. The number of allylic oxidation sites excluding steroid dienone is 2. The van der Waals surface area contributed by atoms with E-state index in [1.165, 1.54) is 0 Å². The van der Waals surface area contributed by atoms with Crippen LogP contribution in [0.4, 0.5) is 0 Å². The van der Waals surface area contributed by atoms with Gasteiger partial charge in [0.2, 0.25) is 0 Å². The Labute approximate surface area is 224 Å². The molecule has 5 rings (SSSR count). The number of aromatic amines is 1. The molecule has 1 aromatic carbocycles. The van der Waals surface area contributed by atoms with Crippen LogP contribution in [-0.2, 0) is 26.9 Å². The van der Waals surface area contributed by atoms with Crippen LogP contribution >= 0.6 is 11.6 Å². The molecule has 0 saturated carbocycles. The normalized spacial score (nSPS) is 18.1. The Morgan fingerprint density at radius 1 is 1.32 bits per heavy atom. The first-order chi connectivity index (χ1) is 18.2. The number of benzene rings is 1. The van der Waals surface area contributed by atoms with Crippen molar-refractivity contribution in [2.45, 2.75) is 30.9 Å². The highest BCUT2D eigenvalue weighted by Crippen LogP contribution is 2.34. The number of nitrogens with zero attached hydrogens (tertiary/aromatic N) is 3. The molecule has 2 amide bonds. The molecule has 3 aromatic rings. The van der Waals surface area contributed by atoms with Gasteiger partial charge in [-0.3, -0.25) is 14.3 Å². The van der Waals surface area contributed by atoms with Crippen molar-refractivity contribution in [3.63, 3.8) is 0 Å². The second kappa shape index (κ2) is 10.4. The standard InChI is InChI=1S/C26H25ClN6O4S/c1-16-11-22(25(34)28-7-9-33-10-8-29-32-33)24(30-16)14-21-20-13-19(5-6-23(20)31-26(21)35)38(36,37)15-17-3-2-4-18(27)12-17/h2-4,6,8,10-14,19,30H,5,7,9,15H2,1H3,(H,28,34)(H,31,35). The van der Waals surface area contributed by atoms with Gasteiger partial charge in [0.25, 0.3) is 11.8 Å². The van der Waals surface area contributed by atoms with E-state index in [1.54, 1.807) is 65.6 Å². The average molecular weight is 553 g/mol. The van der Waals surface area contributed by atoms with E-state index in [9.17, 15) is 18.0 Å². The van der Waals surface area contributed by atoms with Gasteiger partial charge in [-0.15, -0.1) is 5.10 Å². The lowest BCUT2D eigenvalue weighted by Crippen LogP contribution is -2.27. The predicted molar refractivity (Wildman–Crippen MR) is 143 cm³/mol. The molecule has 10 nitrogen and oxygen atoms in total. The Bertz CT molecular complexity index is 1600. The maximum atomic E-state index is 13.2. The van der Waals surface area contributed by atoms with Crippen LogP contribution in [-0.4, -0.2) is 52.0 Å². The van der Waals surface area contributed by atoms with Gasteiger partial charge in [0.05, 0.1) is 40.6 Å². The molecule has 1 saturated heterocycles. The predicted octanol–water partition coefficient (Wildman–Crippen LogP) is 2.71. The summed E-state index contributed by atoms with van der Waals surface area (Å²) < 4.78 is 28.1. The number of rotatable bonds is 8. The minimum absolute atomic E-state index is 0.166. The van der Waals surface area contributed by atoms with Gasteiger partial charge < -0.3 is 15.6 Å². The second-order valence-electron chi connectivity index (χ2n) is 9.12. The number of hydrogen-bond donors (Lipinski definition) is 3. The van der Waals surface area contributed by atoms with Gasteiger partial charge in [-0.25, -0.2) is 8.42 Å². The highest BCUT2D eigenvalue weighted by atomic mass is 35.5. The van der Waals surface area contributed by atoms with Crippen LogP contribution in [0.15, 0.2) is 71.7 Å². The molecular weight excluding hydrogens is 528 g/mol. The number of aryl methyl sites for hydroxylation is 1. The topological polar surface area (TPSA) is 139 Å². The molecule has 12 heteroatoms. The van der Waals surface area contributed by atoms with Crippen LogP contribution in [0.1, 0.15) is 33.7 Å². The number of carbonyl (C=O) groups is 2. The monoisotopic (exact) mass is 552 g/mol. The van der Waals surface area contributed by atoms with Gasteiger partial charge in [0, 0.05) is 34.7 Å². The van der Waals surface area contributed by atoms with E-state index in [2.05, 4.69) is 25.9 Å². The summed E-state index contributed by atoms with van der Waals surface area (Å²) in [5.41, 5.74) is 3.54. The Morgan fingerprint density at radius 2 is 2.16 bits per heavy atom. The quantitative estimate of drug-likeness (QED) is 0.367. The summed E-state index contributed by atoms with van der Waals surface area (Å²) in [5.74, 6) is -0.837. The summed E-state index contributed by atoms with van der Waals surface area (Å²) in [5, 5.41) is 12.9. The number of nitrogens with one attached hydrogen (secondary N) is 3. The molecule has 0 radical (unpaired) electrons. The fourth-order valence-corrected chi connectivity index (χ4v) is 6.30. The van der Waals surface area contributed by atoms with Crippen LogP contribution in [0.25, 0.3) is 6.08 Å². The van der Waals surface area contributed by atoms with Crippen LogP contribution in [0.2, 0.25) is 5.02 Å². The summed E-state index contributed by atoms with van der Waals surface area (Å²) in [6.45, 7) is 2.61. The lowest BCUT2D eigenvalue weighted by molar-refractivity contribution is -0.115. The molecule has 1 aliphatic heterocycles. The lowest BCUT2D eigenvalue weighted by Gasteiger charge is -2.18. The van der Waals surface area contributed by atoms with E-state index in [0.717, 1.165) is 5.69 Å². The van der Waals surface area contributed by atoms with E-state index < -0.39 is 15.1 Å². The van der Waals surface area contributed by atoms with Crippen molar-refractivity contribution in [2.24, 2.45) is 0 Å². The minimum Gasteiger partial charge on any atom is -0.358 e. The Kier molecular flexibility index (Phi) is 7.04. The smallest absolute Gasteiger partial charge is 0.256 e. The Balaban J connectivity index is 1.39. The number of carbonyl (C=O) groups excluding carboxylic acids is 2. The van der Waals surface area contributed by atoms with Crippen molar-refractivity contribution >= 4 is 39.3 Å². The number of H-pyrrole nitrogens is 1. The van der Waals surface area contributed by atoms with Crippen LogP contribution in [0.5, 0.6) is 0 Å². The Hall–Kier alpha value is -3.96. The maximum absolute atomic E-state index is 13.2. The molecule has 0 spiro atoms. The Morgan fingerprint density at radius 3 is 2.92 bits per heavy atom. The molecule has 0 bridgehead atoms. The van der Waals surface area contributed by atoms with E-state index in [0.29, 0.717) is 46.2 Å². The van der Waals surface area contributed by atoms with Crippen molar-refractivity contribution in [3.8, 4) is 0 Å². The molecule has 38 heavy (non-hydrogen) atoms. The second-order valence-corrected chi connectivity index (χ2v) is 11.8. The summed E-state index contributed by atoms with van der Waals surface area (Å²) in [7, 11) is -3.58. The van der Waals surface area contributed by atoms with Crippen molar-refractivity contribution in [1.82, 2.24) is 30.6 Å². The van der Waals surface area contributed by atoms with Crippen molar-refractivity contribution in [2.75, 3.05) is 6.54 Å². The molecule has 196 valence electrons. The minimum atomic E-state index is -3.58. The third kappa shape index (κ3) is 5.48. The number of fused-ring (bicyclic) bond motifs is 1. The highest BCUT2D eigenvalue weighted by Gasteiger charge is 2.34. The number of sulfone groups is 1. The number of aromatic nitrogens is 4. The molecule has 1 atom stereocenters. The summed E-state index contributed by atoms with van der Waals surface area (Å²) in [6.07, 6.45) is 8.44. The first kappa shape index (κ1) is 25.7. The van der Waals surface area contributed by atoms with Crippen LogP contribution < -0.4 is 10.6 Å². The largest absolute Gasteiger partial charge is 0.358 e. The number of halogens is 1. The third-order valence-corrected chi connectivity index (χ3v) is 8.53. The van der Waals surface area contributed by atoms with E-state index in [-0.39, 0.29) is 29.6 Å². The summed E-state index contributed by atoms with van der Waals surface area (Å²) >= 11 is 6.03. The van der Waals surface area contributed by atoms with Crippen molar-refractivity contribution in [1.29, 1.82) is 0 Å². The highest BCUT2D eigenvalue weighted by molar-refractivity contribution is 7.91. The average Bonchev–Trinajstić information content (AvgIpc) is 3.58. The number of hydrogen-bond acceptors (Lipinski definition) is 6.